The molecule has 0 fully saturated rings. The molecule has 39 heavy (non-hydrogen) atoms. The predicted molar refractivity (Wildman–Crippen MR) is 166 cm³/mol. The molecule has 0 aliphatic heterocycles. The summed E-state index contributed by atoms with van der Waals surface area (Å²) in [5.41, 5.74) is 6.92. The molecule has 0 aliphatic carbocycles. The van der Waals surface area contributed by atoms with Crippen molar-refractivity contribution in [2.24, 2.45) is 5.41 Å². The van der Waals surface area contributed by atoms with Gasteiger partial charge in [-0.05, 0) is 90.9 Å². The molecule has 0 saturated carbocycles. The standard InChI is InChI=1S/C34H33IN4/c1-24(32(30-8-4-6-27(18-30)22-36)19-25-10-12-26(21-35)13-11-25)39-33(34(2,3)23-37)31-9-5-7-29(20-31)28-14-16-38-17-15-28/h4-18,20,24,32-33,39H,19,21H2,1-3H3/t24-,32+,33?/m0/s1. The molecule has 1 aromatic heterocycles. The average Bonchev–Trinajstić information content (AvgIpc) is 2.99. The molecule has 1 unspecified atom stereocenters. The second kappa shape index (κ2) is 13.0. The van der Waals surface area contributed by atoms with Crippen molar-refractivity contribution in [1.29, 1.82) is 10.5 Å². The van der Waals surface area contributed by atoms with Gasteiger partial charge in [0.2, 0.25) is 0 Å². The summed E-state index contributed by atoms with van der Waals surface area (Å²) in [5.74, 6) is 0.101. The fourth-order valence-electron chi connectivity index (χ4n) is 5.05. The number of halogens is 1. The number of hydrogen-bond acceptors (Lipinski definition) is 4. The highest BCUT2D eigenvalue weighted by Crippen LogP contribution is 2.37. The number of nitrogens with zero attached hydrogens (tertiary/aromatic N) is 3. The Morgan fingerprint density at radius 1 is 0.846 bits per heavy atom. The van der Waals surface area contributed by atoms with E-state index in [4.69, 9.17) is 0 Å². The summed E-state index contributed by atoms with van der Waals surface area (Å²) >= 11 is 2.38. The molecular formula is C34H33IN4. The van der Waals surface area contributed by atoms with Gasteiger partial charge in [-0.1, -0.05) is 77.2 Å². The molecule has 4 nitrogen and oxygen atoms in total. The monoisotopic (exact) mass is 624 g/mol. The fourth-order valence-corrected chi connectivity index (χ4v) is 5.56. The number of pyridine rings is 1. The Morgan fingerprint density at radius 3 is 2.18 bits per heavy atom. The minimum atomic E-state index is -0.661. The van der Waals surface area contributed by atoms with Crippen LogP contribution in [0, 0.1) is 28.1 Å². The molecule has 0 amide bonds. The first-order chi connectivity index (χ1) is 18.8. The Labute approximate surface area is 245 Å². The molecule has 0 spiro atoms. The second-order valence-electron chi connectivity index (χ2n) is 10.6. The van der Waals surface area contributed by atoms with Gasteiger partial charge in [-0.15, -0.1) is 0 Å². The van der Waals surface area contributed by atoms with Crippen LogP contribution in [0.3, 0.4) is 0 Å². The molecule has 3 aromatic carbocycles. The van der Waals surface area contributed by atoms with Gasteiger partial charge in [-0.25, -0.2) is 0 Å². The third kappa shape index (κ3) is 7.12. The maximum absolute atomic E-state index is 10.2. The Bertz CT molecular complexity index is 1470. The molecule has 0 aliphatic rings. The summed E-state index contributed by atoms with van der Waals surface area (Å²) < 4.78 is 0.979. The number of nitriles is 2. The first kappa shape index (κ1) is 28.5. The zero-order valence-electron chi connectivity index (χ0n) is 22.6. The number of benzene rings is 3. The van der Waals surface area contributed by atoms with Crippen molar-refractivity contribution in [3.8, 4) is 23.3 Å². The van der Waals surface area contributed by atoms with Crippen LogP contribution in [0.1, 0.15) is 60.5 Å². The SMILES string of the molecule is C[C@H](NC(c1cccc(-c2ccncc2)c1)C(C)(C)C#N)[C@@H](Cc1ccc(CI)cc1)c1cccc(C#N)c1. The summed E-state index contributed by atoms with van der Waals surface area (Å²) in [4.78, 5) is 4.15. The van der Waals surface area contributed by atoms with E-state index in [2.05, 4.69) is 107 Å². The maximum Gasteiger partial charge on any atom is 0.0991 e. The summed E-state index contributed by atoms with van der Waals surface area (Å²) in [6.45, 7) is 6.17. The van der Waals surface area contributed by atoms with Crippen LogP contribution in [0.5, 0.6) is 0 Å². The van der Waals surface area contributed by atoms with Gasteiger partial charge in [0.15, 0.2) is 0 Å². The van der Waals surface area contributed by atoms with Gasteiger partial charge in [0.25, 0.3) is 0 Å². The highest BCUT2D eigenvalue weighted by atomic mass is 127. The molecule has 1 N–H and O–H groups in total. The molecule has 0 saturated heterocycles. The summed E-state index contributed by atoms with van der Waals surface area (Å²) in [6, 6.07) is 33.8. The Balaban J connectivity index is 1.71. The number of hydrogen-bond donors (Lipinski definition) is 1. The van der Waals surface area contributed by atoms with E-state index in [0.29, 0.717) is 5.56 Å². The Hall–Kier alpha value is -3.52. The van der Waals surface area contributed by atoms with Gasteiger partial charge in [0.05, 0.1) is 29.2 Å². The number of rotatable bonds is 10. The first-order valence-corrected chi connectivity index (χ1v) is 14.7. The summed E-state index contributed by atoms with van der Waals surface area (Å²) in [7, 11) is 0. The molecule has 5 heteroatoms. The van der Waals surface area contributed by atoms with Crippen LogP contribution in [0.4, 0.5) is 0 Å². The molecule has 1 heterocycles. The quantitative estimate of drug-likeness (QED) is 0.143. The van der Waals surface area contributed by atoms with Gasteiger partial charge in [0, 0.05) is 28.8 Å². The molecule has 196 valence electrons. The van der Waals surface area contributed by atoms with Crippen molar-refractivity contribution < 1.29 is 0 Å². The third-order valence-electron chi connectivity index (χ3n) is 7.35. The molecule has 4 aromatic rings. The molecule has 0 bridgehead atoms. The van der Waals surface area contributed by atoms with E-state index in [1.807, 2.05) is 44.2 Å². The van der Waals surface area contributed by atoms with Crippen LogP contribution < -0.4 is 5.32 Å². The predicted octanol–water partition coefficient (Wildman–Crippen LogP) is 8.15. The molecule has 0 radical (unpaired) electrons. The van der Waals surface area contributed by atoms with Crippen molar-refractivity contribution in [3.05, 3.63) is 125 Å². The zero-order valence-corrected chi connectivity index (χ0v) is 24.8. The van der Waals surface area contributed by atoms with Gasteiger partial charge in [-0.2, -0.15) is 10.5 Å². The highest BCUT2D eigenvalue weighted by Gasteiger charge is 2.34. The van der Waals surface area contributed by atoms with Crippen molar-refractivity contribution in [2.75, 3.05) is 0 Å². The lowest BCUT2D eigenvalue weighted by Crippen LogP contribution is -2.42. The highest BCUT2D eigenvalue weighted by molar-refractivity contribution is 14.1. The van der Waals surface area contributed by atoms with Crippen LogP contribution in [0.25, 0.3) is 11.1 Å². The van der Waals surface area contributed by atoms with Gasteiger partial charge in [-0.3, -0.25) is 4.98 Å². The molecule has 3 atom stereocenters. The van der Waals surface area contributed by atoms with Gasteiger partial charge < -0.3 is 5.32 Å². The second-order valence-corrected chi connectivity index (χ2v) is 11.3. The lowest BCUT2D eigenvalue weighted by atomic mass is 9.79. The van der Waals surface area contributed by atoms with Crippen molar-refractivity contribution >= 4 is 22.6 Å². The third-order valence-corrected chi connectivity index (χ3v) is 8.23. The number of nitrogens with one attached hydrogen (secondary N) is 1. The molecular weight excluding hydrogens is 591 g/mol. The van der Waals surface area contributed by atoms with Crippen molar-refractivity contribution in [3.63, 3.8) is 0 Å². The summed E-state index contributed by atoms with van der Waals surface area (Å²) in [6.07, 6.45) is 4.42. The average molecular weight is 625 g/mol. The van der Waals surface area contributed by atoms with Crippen LogP contribution >= 0.6 is 22.6 Å². The van der Waals surface area contributed by atoms with Crippen molar-refractivity contribution in [1.82, 2.24) is 10.3 Å². The normalized spacial score (nSPS) is 13.6. The lowest BCUT2D eigenvalue weighted by molar-refractivity contribution is 0.281. The van der Waals surface area contributed by atoms with E-state index in [0.717, 1.165) is 33.1 Å². The summed E-state index contributed by atoms with van der Waals surface area (Å²) in [5, 5.41) is 23.6. The smallest absolute Gasteiger partial charge is 0.0991 e. The topological polar surface area (TPSA) is 72.5 Å². The first-order valence-electron chi connectivity index (χ1n) is 13.2. The van der Waals surface area contributed by atoms with E-state index in [1.54, 1.807) is 12.4 Å². The Kier molecular flexibility index (Phi) is 9.51. The van der Waals surface area contributed by atoms with E-state index < -0.39 is 5.41 Å². The minimum absolute atomic E-state index is 0.0189. The van der Waals surface area contributed by atoms with Crippen LogP contribution in [0.2, 0.25) is 0 Å². The van der Waals surface area contributed by atoms with Gasteiger partial charge in [0.1, 0.15) is 0 Å². The molecule has 4 rings (SSSR count). The minimum Gasteiger partial charge on any atom is -0.305 e. The lowest BCUT2D eigenvalue weighted by Gasteiger charge is -2.36. The Morgan fingerprint density at radius 2 is 1.51 bits per heavy atom. The fraction of sp³-hybridized carbons (Fsp3) is 0.265. The number of alkyl halides is 1. The van der Waals surface area contributed by atoms with Crippen LogP contribution in [-0.2, 0) is 10.8 Å². The zero-order chi connectivity index (χ0) is 27.8. The maximum atomic E-state index is 10.2. The van der Waals surface area contributed by atoms with Crippen LogP contribution in [0.15, 0.2) is 97.3 Å². The van der Waals surface area contributed by atoms with Crippen molar-refractivity contribution in [2.45, 2.75) is 49.6 Å². The van der Waals surface area contributed by atoms with E-state index >= 15 is 0 Å². The van der Waals surface area contributed by atoms with Crippen LogP contribution in [-0.4, -0.2) is 11.0 Å². The van der Waals surface area contributed by atoms with E-state index in [-0.39, 0.29) is 18.0 Å². The van der Waals surface area contributed by atoms with E-state index in [9.17, 15) is 10.5 Å². The van der Waals surface area contributed by atoms with E-state index in [1.165, 1.54) is 11.1 Å². The van der Waals surface area contributed by atoms with Gasteiger partial charge >= 0.3 is 0 Å². The number of aromatic nitrogens is 1. The largest absolute Gasteiger partial charge is 0.305 e.